The van der Waals surface area contributed by atoms with Crippen molar-refractivity contribution in [3.05, 3.63) is 119 Å². The fourth-order valence-electron chi connectivity index (χ4n) is 5.48. The number of para-hydroxylation sites is 4. The highest BCUT2D eigenvalue weighted by molar-refractivity contribution is 7.99. The van der Waals surface area contributed by atoms with Crippen molar-refractivity contribution in [1.82, 2.24) is 0 Å². The van der Waals surface area contributed by atoms with E-state index in [1.54, 1.807) is 0 Å². The van der Waals surface area contributed by atoms with E-state index in [0.717, 1.165) is 69.0 Å². The van der Waals surface area contributed by atoms with Gasteiger partial charge in [0.1, 0.15) is 26.4 Å². The Bertz CT molecular complexity index is 1400. The van der Waals surface area contributed by atoms with Crippen molar-refractivity contribution < 1.29 is 37.9 Å². The second-order valence-corrected chi connectivity index (χ2v) is 17.0. The first-order valence-electron chi connectivity index (χ1n) is 19.3. The molecule has 4 aromatic rings. The molecule has 0 saturated carbocycles. The van der Waals surface area contributed by atoms with Crippen LogP contribution < -0.4 is 18.9 Å². The first kappa shape index (κ1) is 44.4. The zero-order valence-corrected chi connectivity index (χ0v) is 35.5. The van der Waals surface area contributed by atoms with Gasteiger partial charge in [-0.2, -0.15) is 47.0 Å². The van der Waals surface area contributed by atoms with E-state index in [4.69, 9.17) is 37.9 Å². The predicted molar refractivity (Wildman–Crippen MR) is 236 cm³/mol. The molecule has 0 aliphatic carbocycles. The van der Waals surface area contributed by atoms with Gasteiger partial charge in [-0.3, -0.25) is 0 Å². The minimum Gasteiger partial charge on any atom is -0.487 e. The Kier molecular flexibility index (Phi) is 22.7. The first-order valence-corrected chi connectivity index (χ1v) is 23.9. The van der Waals surface area contributed by atoms with Crippen LogP contribution in [0.5, 0.6) is 23.0 Å². The summed E-state index contributed by atoms with van der Waals surface area (Å²) in [5.41, 5.74) is 5.34. The Morgan fingerprint density at radius 3 is 0.821 bits per heavy atom. The van der Waals surface area contributed by atoms with E-state index in [1.165, 1.54) is 22.3 Å². The third-order valence-corrected chi connectivity index (χ3v) is 12.2. The highest BCUT2D eigenvalue weighted by Gasteiger charge is 2.07. The zero-order valence-electron chi connectivity index (χ0n) is 32.3. The lowest BCUT2D eigenvalue weighted by Crippen LogP contribution is -2.11. The Hall–Kier alpha value is -2.68. The molecule has 4 bridgehead atoms. The van der Waals surface area contributed by atoms with Gasteiger partial charge in [0.25, 0.3) is 0 Å². The van der Waals surface area contributed by atoms with E-state index >= 15 is 0 Å². The molecule has 0 radical (unpaired) electrons. The van der Waals surface area contributed by atoms with Gasteiger partial charge in [0.15, 0.2) is 23.0 Å². The summed E-state index contributed by atoms with van der Waals surface area (Å²) in [6.45, 7) is 6.73. The molecule has 0 unspecified atom stereocenters. The minimum absolute atomic E-state index is 0.470. The van der Waals surface area contributed by atoms with Crippen molar-refractivity contribution >= 4 is 47.0 Å². The Labute approximate surface area is 350 Å². The van der Waals surface area contributed by atoms with Gasteiger partial charge in [-0.1, -0.05) is 72.8 Å². The average molecular weight is 841 g/mol. The molecule has 0 saturated heterocycles. The SMILES string of the molecule is c1cc2cc(c1)CSCCOCCOc1ccccc1OCCOCCSCc1cccc(c1)CSCCOCCOc1ccccc1OCCOCCSC2. The van der Waals surface area contributed by atoms with Gasteiger partial charge in [-0.25, -0.2) is 0 Å². The van der Waals surface area contributed by atoms with Gasteiger partial charge in [-0.05, 0) is 46.5 Å². The van der Waals surface area contributed by atoms with Gasteiger partial charge in [0, 0.05) is 46.0 Å². The van der Waals surface area contributed by atoms with Crippen LogP contribution in [-0.2, 0) is 42.0 Å². The van der Waals surface area contributed by atoms with E-state index in [9.17, 15) is 0 Å². The molecule has 4 aromatic carbocycles. The Balaban J connectivity index is 1.03. The van der Waals surface area contributed by atoms with Gasteiger partial charge in [-0.15, -0.1) is 0 Å². The number of fused-ring (bicyclic) bond motifs is 6. The molecule has 0 amide bonds. The summed E-state index contributed by atoms with van der Waals surface area (Å²) < 4.78 is 47.4. The quantitative estimate of drug-likeness (QED) is 0.170. The molecule has 0 N–H and O–H groups in total. The lowest BCUT2D eigenvalue weighted by molar-refractivity contribution is 0.102. The summed E-state index contributed by atoms with van der Waals surface area (Å²) >= 11 is 7.54. The van der Waals surface area contributed by atoms with E-state index < -0.39 is 0 Å². The molecule has 304 valence electrons. The number of benzene rings is 4. The predicted octanol–water partition coefficient (Wildman–Crippen LogP) is 9.32. The normalized spacial score (nSPS) is 18.0. The monoisotopic (exact) mass is 840 g/mol. The summed E-state index contributed by atoms with van der Waals surface area (Å²) in [4.78, 5) is 0. The maximum atomic E-state index is 5.98. The van der Waals surface area contributed by atoms with Crippen LogP contribution in [0.2, 0.25) is 0 Å². The molecule has 12 heteroatoms. The van der Waals surface area contributed by atoms with Crippen LogP contribution in [0.1, 0.15) is 22.3 Å². The van der Waals surface area contributed by atoms with Crippen LogP contribution in [0.25, 0.3) is 0 Å². The van der Waals surface area contributed by atoms with Gasteiger partial charge >= 0.3 is 0 Å². The lowest BCUT2D eigenvalue weighted by Gasteiger charge is -2.13. The molecule has 8 nitrogen and oxygen atoms in total. The van der Waals surface area contributed by atoms with Crippen LogP contribution in [-0.4, -0.2) is 102 Å². The van der Waals surface area contributed by atoms with Crippen molar-refractivity contribution in [3.8, 4) is 23.0 Å². The van der Waals surface area contributed by atoms with Gasteiger partial charge in [0.05, 0.1) is 52.9 Å². The van der Waals surface area contributed by atoms with E-state index in [2.05, 4.69) is 48.5 Å². The molecule has 0 atom stereocenters. The van der Waals surface area contributed by atoms with Crippen LogP contribution in [0, 0.1) is 0 Å². The summed E-state index contributed by atoms with van der Waals surface area (Å²) in [6.07, 6.45) is 0. The van der Waals surface area contributed by atoms with Gasteiger partial charge < -0.3 is 37.9 Å². The lowest BCUT2D eigenvalue weighted by atomic mass is 10.2. The zero-order chi connectivity index (χ0) is 38.6. The van der Waals surface area contributed by atoms with Gasteiger partial charge in [0.2, 0.25) is 0 Å². The maximum Gasteiger partial charge on any atom is 0.161 e. The van der Waals surface area contributed by atoms with Crippen molar-refractivity contribution in [2.45, 2.75) is 23.0 Å². The number of thioether (sulfide) groups is 4. The molecular formula is C44H56O8S4. The van der Waals surface area contributed by atoms with E-state index in [1.807, 2.05) is 95.6 Å². The van der Waals surface area contributed by atoms with Crippen molar-refractivity contribution in [2.24, 2.45) is 0 Å². The molecule has 0 fully saturated rings. The van der Waals surface area contributed by atoms with E-state index in [0.29, 0.717) is 79.3 Å². The molecule has 1 aliphatic heterocycles. The molecule has 1 heterocycles. The number of hydrogen-bond acceptors (Lipinski definition) is 12. The third kappa shape index (κ3) is 18.7. The third-order valence-electron chi connectivity index (χ3n) is 8.18. The maximum absolute atomic E-state index is 5.98. The second-order valence-electron chi connectivity index (χ2n) is 12.6. The van der Waals surface area contributed by atoms with E-state index in [-0.39, 0.29) is 0 Å². The summed E-state index contributed by atoms with van der Waals surface area (Å²) in [5.74, 6) is 10.5. The number of hydrogen-bond donors (Lipinski definition) is 0. The van der Waals surface area contributed by atoms with Crippen LogP contribution in [0.3, 0.4) is 0 Å². The summed E-state index contributed by atoms with van der Waals surface area (Å²) in [7, 11) is 0. The van der Waals surface area contributed by atoms with Crippen molar-refractivity contribution in [3.63, 3.8) is 0 Å². The minimum atomic E-state index is 0.470. The number of rotatable bonds is 0. The fourth-order valence-corrected chi connectivity index (χ4v) is 8.66. The Morgan fingerprint density at radius 2 is 0.554 bits per heavy atom. The number of ether oxygens (including phenoxy) is 8. The smallest absolute Gasteiger partial charge is 0.161 e. The highest BCUT2D eigenvalue weighted by atomic mass is 32.2. The topological polar surface area (TPSA) is 73.8 Å². The molecule has 0 spiro atoms. The van der Waals surface area contributed by atoms with Crippen LogP contribution in [0.15, 0.2) is 97.1 Å². The average Bonchev–Trinajstić information content (AvgIpc) is 3.22. The fraction of sp³-hybridized carbons (Fsp3) is 0.455. The molecule has 0 aromatic heterocycles. The van der Waals surface area contributed by atoms with Crippen LogP contribution >= 0.6 is 47.0 Å². The highest BCUT2D eigenvalue weighted by Crippen LogP contribution is 2.27. The molecule has 56 heavy (non-hydrogen) atoms. The molecule has 1 aliphatic rings. The first-order chi connectivity index (χ1) is 27.8. The van der Waals surface area contributed by atoms with Crippen molar-refractivity contribution in [2.75, 3.05) is 102 Å². The van der Waals surface area contributed by atoms with Crippen LogP contribution in [0.4, 0.5) is 0 Å². The summed E-state index contributed by atoms with van der Waals surface area (Å²) in [6, 6.07) is 33.2. The van der Waals surface area contributed by atoms with Crippen molar-refractivity contribution in [1.29, 1.82) is 0 Å². The largest absolute Gasteiger partial charge is 0.487 e. The summed E-state index contributed by atoms with van der Waals surface area (Å²) in [5, 5.41) is 0. The molecule has 5 rings (SSSR count). The standard InChI is InChI=1S/C44H56O8S4/c1-2-12-42-41(11-1)49-19-15-45-23-27-53-33-37-7-5-9-39(31-37)35-55-29-25-47-17-21-51-43-13-3-4-14-44(43)52-22-18-48-26-30-56-36-40-10-6-8-38(32-40)34-54-28-24-46-16-20-50-42/h1-14,31-32H,15-30,33-36H2. The Morgan fingerprint density at radius 1 is 0.286 bits per heavy atom. The molecular weight excluding hydrogens is 785 g/mol. The second kappa shape index (κ2) is 28.7.